The van der Waals surface area contributed by atoms with Crippen molar-refractivity contribution in [3.8, 4) is 0 Å². The summed E-state index contributed by atoms with van der Waals surface area (Å²) in [4.78, 5) is 16.7. The van der Waals surface area contributed by atoms with Crippen LogP contribution in [-0.4, -0.2) is 69.0 Å². The first-order valence-corrected chi connectivity index (χ1v) is 10.2. The molecule has 1 aromatic rings. The van der Waals surface area contributed by atoms with Crippen molar-refractivity contribution in [3.05, 3.63) is 30.3 Å². The number of nitrogens with one attached hydrogen (secondary N) is 1. The van der Waals surface area contributed by atoms with Crippen LogP contribution in [0.4, 0.5) is 5.69 Å². The van der Waals surface area contributed by atoms with Gasteiger partial charge < -0.3 is 10.2 Å². The summed E-state index contributed by atoms with van der Waals surface area (Å²) in [7, 11) is -3.01. The van der Waals surface area contributed by atoms with Gasteiger partial charge in [0.05, 0.1) is 23.6 Å². The predicted octanol–water partition coefficient (Wildman–Crippen LogP) is 0.502. The lowest BCUT2D eigenvalue weighted by Crippen LogP contribution is -2.53. The molecule has 132 valence electrons. The molecule has 2 heterocycles. The number of carbonyl (C=O) groups excluding carboxylic acids is 1. The molecule has 24 heavy (non-hydrogen) atoms. The second-order valence-electron chi connectivity index (χ2n) is 7.05. The third-order valence-electron chi connectivity index (χ3n) is 4.81. The third kappa shape index (κ3) is 4.27. The third-order valence-corrected chi connectivity index (χ3v) is 6.71. The molecule has 0 unspecified atom stereocenters. The number of piperazine rings is 1. The van der Waals surface area contributed by atoms with Gasteiger partial charge in [-0.3, -0.25) is 9.69 Å². The van der Waals surface area contributed by atoms with E-state index in [2.05, 4.69) is 27.2 Å². The van der Waals surface area contributed by atoms with E-state index in [0.29, 0.717) is 13.0 Å². The van der Waals surface area contributed by atoms with Gasteiger partial charge in [-0.15, -0.1) is 0 Å². The molecule has 0 radical (unpaired) electrons. The van der Waals surface area contributed by atoms with E-state index in [1.807, 2.05) is 25.1 Å². The van der Waals surface area contributed by atoms with Crippen LogP contribution in [0, 0.1) is 0 Å². The van der Waals surface area contributed by atoms with Gasteiger partial charge in [-0.1, -0.05) is 18.2 Å². The summed E-state index contributed by atoms with van der Waals surface area (Å²) < 4.78 is 23.2. The van der Waals surface area contributed by atoms with E-state index in [9.17, 15) is 13.2 Å². The van der Waals surface area contributed by atoms with Gasteiger partial charge in [0, 0.05) is 31.9 Å². The van der Waals surface area contributed by atoms with Crippen LogP contribution in [0.15, 0.2) is 30.3 Å². The number of hydrogen-bond acceptors (Lipinski definition) is 5. The Morgan fingerprint density at radius 3 is 2.42 bits per heavy atom. The zero-order valence-corrected chi connectivity index (χ0v) is 14.9. The monoisotopic (exact) mass is 351 g/mol. The standard InChI is InChI=1S/C17H25N3O3S/c1-17(7-12-24(22,23)14-17)18-16(21)13-19-8-10-20(11-9-19)15-5-3-2-4-6-15/h2-6H,7-14H2,1H3,(H,18,21)/t17-/m1/s1. The van der Waals surface area contributed by atoms with Crippen molar-refractivity contribution in [1.82, 2.24) is 10.2 Å². The maximum atomic E-state index is 12.3. The van der Waals surface area contributed by atoms with Crippen LogP contribution >= 0.6 is 0 Å². The molecule has 2 aliphatic heterocycles. The van der Waals surface area contributed by atoms with Gasteiger partial charge in [0.1, 0.15) is 0 Å². The average Bonchev–Trinajstić information content (AvgIpc) is 2.82. The average molecular weight is 351 g/mol. The Morgan fingerprint density at radius 1 is 1.17 bits per heavy atom. The molecule has 1 N–H and O–H groups in total. The number of amides is 1. The van der Waals surface area contributed by atoms with Crippen molar-refractivity contribution >= 4 is 21.4 Å². The quantitative estimate of drug-likeness (QED) is 0.856. The van der Waals surface area contributed by atoms with E-state index < -0.39 is 15.4 Å². The summed E-state index contributed by atoms with van der Waals surface area (Å²) in [6.45, 7) is 5.60. The van der Waals surface area contributed by atoms with Crippen LogP contribution in [-0.2, 0) is 14.6 Å². The van der Waals surface area contributed by atoms with Gasteiger partial charge in [0.15, 0.2) is 9.84 Å². The van der Waals surface area contributed by atoms with Crippen molar-refractivity contribution in [2.24, 2.45) is 0 Å². The van der Waals surface area contributed by atoms with E-state index in [1.54, 1.807) is 0 Å². The first-order chi connectivity index (χ1) is 11.4. The molecule has 0 aliphatic carbocycles. The van der Waals surface area contributed by atoms with Crippen LogP contribution in [0.25, 0.3) is 0 Å². The van der Waals surface area contributed by atoms with Gasteiger partial charge in [-0.05, 0) is 25.5 Å². The summed E-state index contributed by atoms with van der Waals surface area (Å²) in [5, 5.41) is 2.93. The van der Waals surface area contributed by atoms with E-state index in [1.165, 1.54) is 5.69 Å². The lowest BCUT2D eigenvalue weighted by atomic mass is 10.0. The van der Waals surface area contributed by atoms with Gasteiger partial charge >= 0.3 is 0 Å². The van der Waals surface area contributed by atoms with Crippen LogP contribution in [0.3, 0.4) is 0 Å². The minimum absolute atomic E-state index is 0.0491. The molecule has 0 saturated carbocycles. The zero-order valence-electron chi connectivity index (χ0n) is 14.1. The van der Waals surface area contributed by atoms with Crippen LogP contribution in [0.2, 0.25) is 0 Å². The van der Waals surface area contributed by atoms with E-state index in [-0.39, 0.29) is 17.4 Å². The highest BCUT2D eigenvalue weighted by Crippen LogP contribution is 2.22. The van der Waals surface area contributed by atoms with Crippen molar-refractivity contribution in [1.29, 1.82) is 0 Å². The van der Waals surface area contributed by atoms with E-state index in [0.717, 1.165) is 26.2 Å². The van der Waals surface area contributed by atoms with Gasteiger partial charge in [-0.2, -0.15) is 0 Å². The summed E-state index contributed by atoms with van der Waals surface area (Å²) in [5.41, 5.74) is 0.604. The number of anilines is 1. The first kappa shape index (κ1) is 17.2. The predicted molar refractivity (Wildman–Crippen MR) is 94.9 cm³/mol. The van der Waals surface area contributed by atoms with Crippen LogP contribution in [0.5, 0.6) is 0 Å². The van der Waals surface area contributed by atoms with Crippen molar-refractivity contribution < 1.29 is 13.2 Å². The fourth-order valence-corrected chi connectivity index (χ4v) is 5.58. The number of carbonyl (C=O) groups is 1. The summed E-state index contributed by atoms with van der Waals surface area (Å²) in [6, 6.07) is 10.3. The van der Waals surface area contributed by atoms with Crippen LogP contribution < -0.4 is 10.2 Å². The van der Waals surface area contributed by atoms with E-state index >= 15 is 0 Å². The summed E-state index contributed by atoms with van der Waals surface area (Å²) in [6.07, 6.45) is 0.503. The van der Waals surface area contributed by atoms with Gasteiger partial charge in [0.2, 0.25) is 5.91 Å². The lowest BCUT2D eigenvalue weighted by Gasteiger charge is -2.36. The maximum Gasteiger partial charge on any atom is 0.234 e. The molecule has 7 heteroatoms. The SMILES string of the molecule is C[C@@]1(NC(=O)CN2CCN(c3ccccc3)CC2)CCS(=O)(=O)C1. The summed E-state index contributed by atoms with van der Waals surface area (Å²) in [5.74, 6) is 0.135. The molecule has 0 spiro atoms. The second kappa shape index (κ2) is 6.72. The molecule has 3 rings (SSSR count). The molecule has 2 aliphatic rings. The lowest BCUT2D eigenvalue weighted by molar-refractivity contribution is -0.123. The number of rotatable bonds is 4. The molecule has 2 saturated heterocycles. The molecule has 1 aromatic carbocycles. The maximum absolute atomic E-state index is 12.3. The Morgan fingerprint density at radius 2 is 1.83 bits per heavy atom. The smallest absolute Gasteiger partial charge is 0.234 e. The molecule has 2 fully saturated rings. The summed E-state index contributed by atoms with van der Waals surface area (Å²) >= 11 is 0. The Labute approximate surface area is 143 Å². The molecule has 1 atom stereocenters. The molecule has 0 bridgehead atoms. The van der Waals surface area contributed by atoms with Crippen LogP contribution in [0.1, 0.15) is 13.3 Å². The van der Waals surface area contributed by atoms with Crippen molar-refractivity contribution in [3.63, 3.8) is 0 Å². The number of nitrogens with zero attached hydrogens (tertiary/aromatic N) is 2. The molecule has 1 amide bonds. The number of para-hydroxylation sites is 1. The first-order valence-electron chi connectivity index (χ1n) is 8.39. The molecule has 6 nitrogen and oxygen atoms in total. The minimum atomic E-state index is -3.01. The number of sulfone groups is 1. The highest BCUT2D eigenvalue weighted by atomic mass is 32.2. The van der Waals surface area contributed by atoms with Crippen molar-refractivity contribution in [2.45, 2.75) is 18.9 Å². The zero-order chi connectivity index (χ0) is 17.2. The second-order valence-corrected chi connectivity index (χ2v) is 9.23. The highest BCUT2D eigenvalue weighted by molar-refractivity contribution is 7.91. The Hall–Kier alpha value is -1.60. The topological polar surface area (TPSA) is 69.7 Å². The number of hydrogen-bond donors (Lipinski definition) is 1. The molecular formula is C17H25N3O3S. The fraction of sp³-hybridized carbons (Fsp3) is 0.588. The normalized spacial score (nSPS) is 27.1. The van der Waals surface area contributed by atoms with Gasteiger partial charge in [-0.25, -0.2) is 8.42 Å². The Bertz CT molecular complexity index is 684. The molecule has 0 aromatic heterocycles. The largest absolute Gasteiger partial charge is 0.369 e. The highest BCUT2D eigenvalue weighted by Gasteiger charge is 2.39. The number of benzene rings is 1. The molecular weight excluding hydrogens is 326 g/mol. The van der Waals surface area contributed by atoms with Gasteiger partial charge in [0.25, 0.3) is 0 Å². The Balaban J connectivity index is 1.47. The minimum Gasteiger partial charge on any atom is -0.369 e. The van der Waals surface area contributed by atoms with Crippen molar-refractivity contribution in [2.75, 3.05) is 49.1 Å². The Kier molecular flexibility index (Phi) is 4.83. The van der Waals surface area contributed by atoms with E-state index in [4.69, 9.17) is 0 Å². The fourth-order valence-electron chi connectivity index (χ4n) is 3.49.